The quantitative estimate of drug-likeness (QED) is 0.404. The summed E-state index contributed by atoms with van der Waals surface area (Å²) in [5, 5.41) is 7.79. The highest BCUT2D eigenvalue weighted by atomic mass is 19.1. The summed E-state index contributed by atoms with van der Waals surface area (Å²) in [4.78, 5) is 29.0. The summed E-state index contributed by atoms with van der Waals surface area (Å²) >= 11 is 0. The van der Waals surface area contributed by atoms with Crippen molar-refractivity contribution in [1.82, 2.24) is 9.97 Å². The lowest BCUT2D eigenvalue weighted by molar-refractivity contribution is -0.111. The van der Waals surface area contributed by atoms with E-state index in [9.17, 15) is 9.18 Å². The van der Waals surface area contributed by atoms with Crippen LogP contribution in [0.25, 0.3) is 0 Å². The van der Waals surface area contributed by atoms with Gasteiger partial charge in [-0.05, 0) is 24.6 Å². The van der Waals surface area contributed by atoms with Crippen molar-refractivity contribution in [1.29, 1.82) is 0 Å². The van der Waals surface area contributed by atoms with Crippen LogP contribution in [0.15, 0.2) is 55.4 Å². The first-order valence-corrected chi connectivity index (χ1v) is 12.7. The number of aryl methyl sites for hydroxylation is 1. The second kappa shape index (κ2) is 11.7. The zero-order chi connectivity index (χ0) is 27.4. The van der Waals surface area contributed by atoms with Crippen LogP contribution in [0.5, 0.6) is 5.75 Å². The number of hydrogen-bond acceptors (Lipinski definition) is 9. The van der Waals surface area contributed by atoms with E-state index in [1.54, 1.807) is 43.4 Å². The van der Waals surface area contributed by atoms with Crippen LogP contribution in [-0.4, -0.2) is 55.9 Å². The molecule has 1 aromatic heterocycles. The van der Waals surface area contributed by atoms with E-state index in [-0.39, 0.29) is 17.8 Å². The van der Waals surface area contributed by atoms with Crippen LogP contribution in [0.1, 0.15) is 23.6 Å². The third kappa shape index (κ3) is 5.64. The molecule has 1 atom stereocenters. The highest BCUT2D eigenvalue weighted by Crippen LogP contribution is 2.40. The second-order valence-corrected chi connectivity index (χ2v) is 9.19. The minimum atomic E-state index is -0.328. The molecule has 0 bridgehead atoms. The zero-order valence-corrected chi connectivity index (χ0v) is 21.9. The van der Waals surface area contributed by atoms with Gasteiger partial charge in [0.1, 0.15) is 23.7 Å². The Bertz CT molecular complexity index is 1360. The molecule has 204 valence electrons. The molecule has 0 unspecified atom stereocenters. The van der Waals surface area contributed by atoms with Crippen molar-refractivity contribution in [3.8, 4) is 5.75 Å². The Kier molecular flexibility index (Phi) is 7.89. The van der Waals surface area contributed by atoms with Crippen molar-refractivity contribution < 1.29 is 23.5 Å². The molecule has 2 aromatic carbocycles. The van der Waals surface area contributed by atoms with Crippen LogP contribution in [0.4, 0.5) is 33.1 Å². The number of amides is 1. The normalized spacial score (nSPS) is 17.2. The zero-order valence-electron chi connectivity index (χ0n) is 21.9. The van der Waals surface area contributed by atoms with Gasteiger partial charge in [-0.25, -0.2) is 19.4 Å². The summed E-state index contributed by atoms with van der Waals surface area (Å²) in [7, 11) is 1.58. The number of rotatable bonds is 8. The number of nitrogens with zero attached hydrogens (tertiary/aromatic N) is 4. The third-order valence-electron chi connectivity index (χ3n) is 6.74. The van der Waals surface area contributed by atoms with Crippen LogP contribution < -0.4 is 25.3 Å². The number of carbonyl (C=O) groups is 1. The van der Waals surface area contributed by atoms with Crippen molar-refractivity contribution >= 4 is 34.6 Å². The van der Waals surface area contributed by atoms with Crippen LogP contribution in [-0.2, 0) is 14.4 Å². The molecule has 2 aliphatic heterocycles. The molecule has 11 heteroatoms. The molecule has 5 rings (SSSR count). The van der Waals surface area contributed by atoms with E-state index in [0.717, 1.165) is 5.69 Å². The molecule has 0 aliphatic carbocycles. The van der Waals surface area contributed by atoms with Gasteiger partial charge in [0.2, 0.25) is 5.91 Å². The third-order valence-corrected chi connectivity index (χ3v) is 6.74. The molecule has 39 heavy (non-hydrogen) atoms. The minimum Gasteiger partial charge on any atom is -0.494 e. The predicted octanol–water partition coefficient (Wildman–Crippen LogP) is 4.52. The molecule has 0 spiro atoms. The minimum absolute atomic E-state index is 0.246. The maximum absolute atomic E-state index is 14.9. The van der Waals surface area contributed by atoms with Crippen LogP contribution in [0.3, 0.4) is 0 Å². The fourth-order valence-corrected chi connectivity index (χ4v) is 4.76. The van der Waals surface area contributed by atoms with Gasteiger partial charge in [-0.1, -0.05) is 24.8 Å². The molecule has 3 heterocycles. The summed E-state index contributed by atoms with van der Waals surface area (Å²) in [6.07, 6.45) is 3.26. The van der Waals surface area contributed by atoms with E-state index in [1.165, 1.54) is 12.4 Å². The average Bonchev–Trinajstić information content (AvgIpc) is 3.45. The average molecular weight is 535 g/mol. The fourth-order valence-electron chi connectivity index (χ4n) is 4.76. The molecule has 1 amide bonds. The maximum Gasteiger partial charge on any atom is 0.247 e. The van der Waals surface area contributed by atoms with E-state index in [1.807, 2.05) is 12.1 Å². The fraction of sp³-hybridized carbons (Fsp3) is 0.321. The van der Waals surface area contributed by atoms with Crippen molar-refractivity contribution in [2.24, 2.45) is 0 Å². The lowest BCUT2D eigenvalue weighted by Crippen LogP contribution is -2.36. The number of hydroxylamine groups is 1. The van der Waals surface area contributed by atoms with Gasteiger partial charge in [-0.2, -0.15) is 0 Å². The highest BCUT2D eigenvalue weighted by molar-refractivity contribution is 6.02. The SMILES string of the molecule is C=CC(=O)Nc1cc(Nc2cc(N3OCC[C@@H]3c3cccc(C)c3F)ncn2)c(OC)cc1N1CCOCC1. The van der Waals surface area contributed by atoms with Crippen molar-refractivity contribution in [2.75, 3.05) is 60.6 Å². The molecule has 10 nitrogen and oxygen atoms in total. The number of carbonyl (C=O) groups excluding carboxylic acids is 1. The van der Waals surface area contributed by atoms with Crippen molar-refractivity contribution in [3.05, 3.63) is 72.3 Å². The van der Waals surface area contributed by atoms with Gasteiger partial charge in [0, 0.05) is 37.2 Å². The Morgan fingerprint density at radius 1 is 1.18 bits per heavy atom. The first kappa shape index (κ1) is 26.4. The van der Waals surface area contributed by atoms with Gasteiger partial charge in [0.15, 0.2) is 5.82 Å². The maximum atomic E-state index is 14.9. The summed E-state index contributed by atoms with van der Waals surface area (Å²) in [6.45, 7) is 8.29. The lowest BCUT2D eigenvalue weighted by Gasteiger charge is -2.31. The molecule has 2 N–H and O–H groups in total. The highest BCUT2D eigenvalue weighted by Gasteiger charge is 2.31. The van der Waals surface area contributed by atoms with Gasteiger partial charge in [0.25, 0.3) is 0 Å². The van der Waals surface area contributed by atoms with E-state index >= 15 is 0 Å². The first-order chi connectivity index (χ1) is 19.0. The molecule has 2 saturated heterocycles. The van der Waals surface area contributed by atoms with Crippen LogP contribution >= 0.6 is 0 Å². The smallest absolute Gasteiger partial charge is 0.247 e. The van der Waals surface area contributed by atoms with Crippen LogP contribution in [0.2, 0.25) is 0 Å². The Morgan fingerprint density at radius 2 is 2.00 bits per heavy atom. The van der Waals surface area contributed by atoms with Gasteiger partial charge in [-0.15, -0.1) is 0 Å². The first-order valence-electron chi connectivity index (χ1n) is 12.7. The Hall–Kier alpha value is -4.22. The number of methoxy groups -OCH3 is 1. The number of morpholine rings is 1. The van der Waals surface area contributed by atoms with Gasteiger partial charge >= 0.3 is 0 Å². The number of hydrogen-bond donors (Lipinski definition) is 2. The topological polar surface area (TPSA) is 101 Å². The lowest BCUT2D eigenvalue weighted by atomic mass is 10.0. The number of halogens is 1. The molecule has 2 fully saturated rings. The summed E-state index contributed by atoms with van der Waals surface area (Å²) < 4.78 is 26.1. The van der Waals surface area contributed by atoms with E-state index in [4.69, 9.17) is 14.3 Å². The molecule has 3 aromatic rings. The second-order valence-electron chi connectivity index (χ2n) is 9.19. The summed E-state index contributed by atoms with van der Waals surface area (Å²) in [6, 6.07) is 10.4. The Morgan fingerprint density at radius 3 is 2.77 bits per heavy atom. The van der Waals surface area contributed by atoms with Gasteiger partial charge in [0.05, 0.1) is 50.0 Å². The predicted molar refractivity (Wildman–Crippen MR) is 147 cm³/mol. The van der Waals surface area contributed by atoms with Crippen molar-refractivity contribution in [2.45, 2.75) is 19.4 Å². The number of nitrogens with one attached hydrogen (secondary N) is 2. The Balaban J connectivity index is 1.45. The standard InChI is InChI=1S/C28H31FN6O4/c1-4-27(36)33-20-14-21(24(37-3)15-23(20)34-9-12-38-13-10-34)32-25-16-26(31-17-30-25)35-22(8-11-39-35)19-7-5-6-18(2)28(19)29/h4-7,14-17,22H,1,8-13H2,2-3H3,(H,33,36)(H,30,31,32)/t22-/m1/s1. The van der Waals surface area contributed by atoms with E-state index in [2.05, 4.69) is 32.1 Å². The van der Waals surface area contributed by atoms with E-state index < -0.39 is 0 Å². The molecule has 0 saturated carbocycles. The molecule has 0 radical (unpaired) electrons. The van der Waals surface area contributed by atoms with Gasteiger partial charge < -0.3 is 25.0 Å². The van der Waals surface area contributed by atoms with Gasteiger partial charge in [-0.3, -0.25) is 9.63 Å². The summed E-state index contributed by atoms with van der Waals surface area (Å²) in [5.41, 5.74) is 3.13. The van der Waals surface area contributed by atoms with Crippen molar-refractivity contribution in [3.63, 3.8) is 0 Å². The number of benzene rings is 2. The monoisotopic (exact) mass is 534 g/mol. The molecule has 2 aliphatic rings. The number of ether oxygens (including phenoxy) is 2. The molecular formula is C28H31FN6O4. The largest absolute Gasteiger partial charge is 0.494 e. The Labute approximate surface area is 226 Å². The van der Waals surface area contributed by atoms with E-state index in [0.29, 0.717) is 79.2 Å². The molecular weight excluding hydrogens is 503 g/mol. The number of anilines is 5. The number of aromatic nitrogens is 2. The van der Waals surface area contributed by atoms with Crippen LogP contribution in [0, 0.1) is 12.7 Å². The summed E-state index contributed by atoms with van der Waals surface area (Å²) in [5.74, 6) is 0.943.